The van der Waals surface area contributed by atoms with Crippen LogP contribution in [0.5, 0.6) is 0 Å². The van der Waals surface area contributed by atoms with Gasteiger partial charge in [0.1, 0.15) is 19.3 Å². The first-order chi connectivity index (χ1) is 49.7. The van der Waals surface area contributed by atoms with Crippen LogP contribution in [-0.2, 0) is 65.4 Å². The van der Waals surface area contributed by atoms with E-state index in [2.05, 4.69) is 113 Å². The van der Waals surface area contributed by atoms with Crippen LogP contribution in [0.4, 0.5) is 0 Å². The average molecular weight is 1480 g/mol. The van der Waals surface area contributed by atoms with Crippen molar-refractivity contribution in [3.8, 4) is 0 Å². The summed E-state index contributed by atoms with van der Waals surface area (Å²) in [6.45, 7) is 4.75. The number of esters is 4. The van der Waals surface area contributed by atoms with E-state index in [4.69, 9.17) is 37.0 Å². The zero-order chi connectivity index (χ0) is 74.6. The fourth-order valence-corrected chi connectivity index (χ4v) is 12.7. The van der Waals surface area contributed by atoms with Gasteiger partial charge in [-0.05, 0) is 122 Å². The molecule has 17 nitrogen and oxygen atoms in total. The van der Waals surface area contributed by atoms with Crippen LogP contribution < -0.4 is 0 Å². The minimum Gasteiger partial charge on any atom is -0.462 e. The molecule has 0 radical (unpaired) electrons. The summed E-state index contributed by atoms with van der Waals surface area (Å²) in [5.41, 5.74) is 0. The molecule has 0 aromatic rings. The van der Waals surface area contributed by atoms with Gasteiger partial charge in [0.05, 0.1) is 26.4 Å². The minimum absolute atomic E-state index is 0.0839. The second kappa shape index (κ2) is 75.5. The monoisotopic (exact) mass is 1480 g/mol. The van der Waals surface area contributed by atoms with Crippen LogP contribution in [0.25, 0.3) is 0 Å². The Morgan fingerprint density at radius 3 is 0.814 bits per heavy atom. The van der Waals surface area contributed by atoms with Gasteiger partial charge in [-0.3, -0.25) is 37.3 Å². The highest BCUT2D eigenvalue weighted by Crippen LogP contribution is 2.45. The van der Waals surface area contributed by atoms with E-state index in [9.17, 15) is 43.2 Å². The number of phosphoric acid groups is 2. The van der Waals surface area contributed by atoms with Crippen molar-refractivity contribution in [2.45, 2.75) is 380 Å². The van der Waals surface area contributed by atoms with Crippen molar-refractivity contribution in [2.75, 3.05) is 39.6 Å². The van der Waals surface area contributed by atoms with Gasteiger partial charge in [0.15, 0.2) is 12.2 Å². The lowest BCUT2D eigenvalue weighted by Gasteiger charge is -2.21. The smallest absolute Gasteiger partial charge is 0.462 e. The average Bonchev–Trinajstić information content (AvgIpc) is 0.924. The van der Waals surface area contributed by atoms with E-state index in [1.54, 1.807) is 0 Å². The molecule has 0 saturated carbocycles. The summed E-state index contributed by atoms with van der Waals surface area (Å²) in [6, 6.07) is 0. The molecule has 0 aliphatic heterocycles. The lowest BCUT2D eigenvalue weighted by molar-refractivity contribution is -0.161. The Morgan fingerprint density at radius 2 is 0.510 bits per heavy atom. The number of allylic oxidation sites excluding steroid dienone is 14. The van der Waals surface area contributed by atoms with E-state index in [-0.39, 0.29) is 25.7 Å². The fraction of sp³-hybridized carbons (Fsp3) is 0.783. The summed E-state index contributed by atoms with van der Waals surface area (Å²) in [4.78, 5) is 73.0. The van der Waals surface area contributed by atoms with Gasteiger partial charge in [0.2, 0.25) is 0 Å². The van der Waals surface area contributed by atoms with Gasteiger partial charge in [-0.25, -0.2) is 9.13 Å². The molecular weight excluding hydrogens is 1330 g/mol. The molecule has 2 unspecified atom stereocenters. The molecule has 0 aromatic heterocycles. The van der Waals surface area contributed by atoms with E-state index < -0.39 is 97.5 Å². The molecule has 0 aliphatic carbocycles. The molecule has 102 heavy (non-hydrogen) atoms. The number of aliphatic hydroxyl groups excluding tert-OH is 1. The van der Waals surface area contributed by atoms with Gasteiger partial charge in [-0.1, -0.05) is 299 Å². The number of carbonyl (C=O) groups is 4. The first-order valence-corrected chi connectivity index (χ1v) is 43.8. The maximum absolute atomic E-state index is 13.1. The molecular formula is C83H148O17P2. The molecule has 19 heteroatoms. The molecule has 0 bridgehead atoms. The van der Waals surface area contributed by atoms with Crippen LogP contribution in [0, 0.1) is 0 Å². The van der Waals surface area contributed by atoms with Gasteiger partial charge in [-0.15, -0.1) is 0 Å². The van der Waals surface area contributed by atoms with Crippen LogP contribution in [0.2, 0.25) is 0 Å². The first kappa shape index (κ1) is 98.2. The van der Waals surface area contributed by atoms with Crippen LogP contribution in [-0.4, -0.2) is 96.7 Å². The van der Waals surface area contributed by atoms with Crippen molar-refractivity contribution in [3.05, 3.63) is 85.1 Å². The van der Waals surface area contributed by atoms with Crippen molar-refractivity contribution in [3.63, 3.8) is 0 Å². The second-order valence-electron chi connectivity index (χ2n) is 27.3. The van der Waals surface area contributed by atoms with Gasteiger partial charge in [-0.2, -0.15) is 0 Å². The minimum atomic E-state index is -4.98. The third-order valence-electron chi connectivity index (χ3n) is 17.3. The van der Waals surface area contributed by atoms with E-state index in [1.807, 2.05) is 0 Å². The third-order valence-corrected chi connectivity index (χ3v) is 19.2. The molecule has 0 amide bonds. The highest BCUT2D eigenvalue weighted by atomic mass is 31.2. The number of aliphatic hydroxyl groups is 1. The quantitative estimate of drug-likeness (QED) is 0.0169. The summed E-state index contributed by atoms with van der Waals surface area (Å²) in [5, 5.41) is 10.6. The lowest BCUT2D eigenvalue weighted by Crippen LogP contribution is -2.30. The van der Waals surface area contributed by atoms with Gasteiger partial charge < -0.3 is 33.8 Å². The molecule has 5 atom stereocenters. The Hall–Kier alpha value is -3.76. The second-order valence-corrected chi connectivity index (χ2v) is 30.2. The summed E-state index contributed by atoms with van der Waals surface area (Å²) in [6.07, 6.45) is 78.4. The maximum atomic E-state index is 13.1. The number of phosphoric ester groups is 2. The number of unbranched alkanes of at least 4 members (excludes halogenated alkanes) is 37. The van der Waals surface area contributed by atoms with Crippen molar-refractivity contribution < 1.29 is 80.2 Å². The van der Waals surface area contributed by atoms with E-state index in [0.29, 0.717) is 25.7 Å². The molecule has 0 aliphatic rings. The molecule has 0 aromatic carbocycles. The highest BCUT2D eigenvalue weighted by Gasteiger charge is 2.30. The summed E-state index contributed by atoms with van der Waals surface area (Å²) < 4.78 is 68.6. The number of carbonyl (C=O) groups excluding carboxylic acids is 4. The molecule has 0 saturated heterocycles. The zero-order valence-corrected chi connectivity index (χ0v) is 66.6. The predicted octanol–water partition coefficient (Wildman–Crippen LogP) is 23.8. The maximum Gasteiger partial charge on any atom is 0.472 e. The summed E-state index contributed by atoms with van der Waals surface area (Å²) in [7, 11) is -9.96. The van der Waals surface area contributed by atoms with Gasteiger partial charge >= 0.3 is 39.5 Å². The van der Waals surface area contributed by atoms with Crippen LogP contribution >= 0.6 is 15.6 Å². The molecule has 3 N–H and O–H groups in total. The Balaban J connectivity index is 5.36. The number of rotatable bonds is 77. The normalized spacial score (nSPS) is 14.3. The molecule has 592 valence electrons. The Bertz CT molecular complexity index is 2260. The highest BCUT2D eigenvalue weighted by molar-refractivity contribution is 7.47. The predicted molar refractivity (Wildman–Crippen MR) is 418 cm³/mol. The molecule has 0 spiro atoms. The SMILES string of the molecule is CC/C=C\C/C=C\C/C=C\C/C=C\C/C=C\CCCCCC(=O)OC[C@H](COP(=O)(O)OC[C@@H](O)COP(=O)(O)OC[C@@H](COC(=O)CCCCCCCCC/C=C\CCCCCC)OC(=O)CCCCCCCCCCCCCCC)OC(=O)CCCCCCCCC/C=C\CCCCCC. The molecule has 0 heterocycles. The number of ether oxygens (including phenoxy) is 4. The number of hydrogen-bond donors (Lipinski definition) is 3. The molecule has 0 fully saturated rings. The van der Waals surface area contributed by atoms with Crippen molar-refractivity contribution in [1.82, 2.24) is 0 Å². The van der Waals surface area contributed by atoms with Crippen LogP contribution in [0.3, 0.4) is 0 Å². The fourth-order valence-electron chi connectivity index (χ4n) is 11.1. The number of hydrogen-bond acceptors (Lipinski definition) is 15. The van der Waals surface area contributed by atoms with Gasteiger partial charge in [0.25, 0.3) is 0 Å². The Kier molecular flexibility index (Phi) is 72.7. The largest absolute Gasteiger partial charge is 0.472 e. The summed E-state index contributed by atoms with van der Waals surface area (Å²) in [5.74, 6) is -2.19. The van der Waals surface area contributed by atoms with Crippen molar-refractivity contribution >= 4 is 39.5 Å². The zero-order valence-electron chi connectivity index (χ0n) is 64.8. The Morgan fingerprint density at radius 1 is 0.284 bits per heavy atom. The standard InChI is InChI=1S/C83H148O17P2/c1-5-9-13-17-21-25-29-33-36-37-38-39-42-45-48-52-56-60-64-68-81(86)94-74-79(100-83(88)70-66-62-58-54-50-46-41-35-31-27-23-19-15-11-7-3)76-98-102(91,92)96-72-77(84)71-95-101(89,90)97-75-78(99-82(87)69-65-61-57-53-49-43-32-28-24-20-16-12-8-4)73-93-80(85)67-63-59-55-51-47-44-40-34-30-26-22-18-14-10-6-2/h9,13,21,25-27,30-31,33,36,38-39,45,48,77-79,84H,5-8,10-12,14-20,22-24,28-29,32,34-35,37,40-44,46-47,49-76H2,1-4H3,(H,89,90)(H,91,92)/b13-9-,25-21-,30-26-,31-27-,36-33-,39-38-,48-45-/t77-,78+,79+/m0/s1. The Labute approximate surface area is 621 Å². The van der Waals surface area contributed by atoms with Crippen LogP contribution in [0.15, 0.2) is 85.1 Å². The molecule has 0 rings (SSSR count). The van der Waals surface area contributed by atoms with E-state index in [0.717, 1.165) is 167 Å². The van der Waals surface area contributed by atoms with Crippen molar-refractivity contribution in [2.24, 2.45) is 0 Å². The van der Waals surface area contributed by atoms with E-state index >= 15 is 0 Å². The van der Waals surface area contributed by atoms with Crippen LogP contribution in [0.1, 0.15) is 362 Å². The van der Waals surface area contributed by atoms with Gasteiger partial charge in [0, 0.05) is 25.7 Å². The third kappa shape index (κ3) is 74.5. The lowest BCUT2D eigenvalue weighted by atomic mass is 10.0. The topological polar surface area (TPSA) is 237 Å². The summed E-state index contributed by atoms with van der Waals surface area (Å²) >= 11 is 0. The van der Waals surface area contributed by atoms with Crippen molar-refractivity contribution in [1.29, 1.82) is 0 Å². The first-order valence-electron chi connectivity index (χ1n) is 40.8. The van der Waals surface area contributed by atoms with E-state index in [1.165, 1.54) is 116 Å².